The van der Waals surface area contributed by atoms with Crippen molar-refractivity contribution in [3.63, 3.8) is 0 Å². The van der Waals surface area contributed by atoms with Crippen molar-refractivity contribution < 1.29 is 4.74 Å². The predicted octanol–water partition coefficient (Wildman–Crippen LogP) is 0.959. The first-order valence-electron chi connectivity index (χ1n) is 6.54. The number of imidazole rings is 1. The van der Waals surface area contributed by atoms with E-state index >= 15 is 0 Å². The molecule has 104 valence electrons. The fourth-order valence-electron chi connectivity index (χ4n) is 1.52. The monoisotopic (exact) mass is 254 g/mol. The Morgan fingerprint density at radius 2 is 2.17 bits per heavy atom. The van der Waals surface area contributed by atoms with Crippen LogP contribution in [0.5, 0.6) is 0 Å². The molecule has 0 aliphatic rings. The Morgan fingerprint density at radius 3 is 2.83 bits per heavy atom. The summed E-state index contributed by atoms with van der Waals surface area (Å²) < 4.78 is 7.73. The minimum atomic E-state index is 0.490. The van der Waals surface area contributed by atoms with E-state index in [0.29, 0.717) is 6.04 Å². The fraction of sp³-hybridized carbons (Fsp3) is 0.769. The van der Waals surface area contributed by atoms with Crippen molar-refractivity contribution in [3.8, 4) is 0 Å². The van der Waals surface area contributed by atoms with Crippen molar-refractivity contribution in [2.45, 2.75) is 33.0 Å². The molecule has 0 saturated heterocycles. The van der Waals surface area contributed by atoms with Crippen LogP contribution in [0, 0.1) is 0 Å². The molecule has 1 aromatic rings. The van der Waals surface area contributed by atoms with Crippen LogP contribution in [-0.2, 0) is 17.8 Å². The molecule has 0 atom stereocenters. The van der Waals surface area contributed by atoms with Crippen LogP contribution in [0.4, 0.5) is 0 Å². The number of nitrogens with zero attached hydrogens (tertiary/aromatic N) is 3. The van der Waals surface area contributed by atoms with Crippen LogP contribution in [0.15, 0.2) is 12.5 Å². The number of rotatable bonds is 9. The van der Waals surface area contributed by atoms with E-state index in [1.54, 1.807) is 0 Å². The Balaban J connectivity index is 2.23. The maximum absolute atomic E-state index is 5.59. The zero-order valence-electron chi connectivity index (χ0n) is 12.0. The number of hydrogen-bond acceptors (Lipinski definition) is 4. The summed E-state index contributed by atoms with van der Waals surface area (Å²) in [4.78, 5) is 6.31. The molecule has 0 spiro atoms. The van der Waals surface area contributed by atoms with Gasteiger partial charge in [0.1, 0.15) is 0 Å². The topological polar surface area (TPSA) is 42.3 Å². The first-order chi connectivity index (χ1) is 8.59. The molecular formula is C13H26N4O. The van der Waals surface area contributed by atoms with E-state index < -0.39 is 0 Å². The van der Waals surface area contributed by atoms with Crippen molar-refractivity contribution in [3.05, 3.63) is 18.2 Å². The summed E-state index contributed by atoms with van der Waals surface area (Å²) in [6.45, 7) is 8.49. The minimum absolute atomic E-state index is 0.490. The lowest BCUT2D eigenvalue weighted by Crippen LogP contribution is -2.24. The third-order valence-electron chi connectivity index (χ3n) is 2.65. The van der Waals surface area contributed by atoms with E-state index in [1.807, 2.05) is 12.5 Å². The molecule has 0 fully saturated rings. The van der Waals surface area contributed by atoms with Gasteiger partial charge in [-0.05, 0) is 14.1 Å². The largest absolute Gasteiger partial charge is 0.378 e. The highest BCUT2D eigenvalue weighted by Gasteiger charge is 2.02. The number of hydrogen-bond donors (Lipinski definition) is 1. The van der Waals surface area contributed by atoms with Gasteiger partial charge < -0.3 is 19.5 Å². The number of nitrogens with one attached hydrogen (secondary N) is 1. The predicted molar refractivity (Wildman–Crippen MR) is 73.6 cm³/mol. The zero-order chi connectivity index (χ0) is 13.4. The van der Waals surface area contributed by atoms with Gasteiger partial charge in [0.05, 0.1) is 25.2 Å². The molecule has 1 heterocycles. The lowest BCUT2D eigenvalue weighted by atomic mass is 10.3. The van der Waals surface area contributed by atoms with Gasteiger partial charge in [-0.15, -0.1) is 0 Å². The van der Waals surface area contributed by atoms with Gasteiger partial charge in [0, 0.05) is 31.9 Å². The Labute approximate surface area is 110 Å². The highest BCUT2D eigenvalue weighted by molar-refractivity contribution is 4.98. The summed E-state index contributed by atoms with van der Waals surface area (Å²) in [5, 5.41) is 3.40. The average molecular weight is 254 g/mol. The zero-order valence-corrected chi connectivity index (χ0v) is 12.0. The number of likely N-dealkylation sites (N-methyl/N-ethyl adjacent to an activating group) is 1. The van der Waals surface area contributed by atoms with Crippen LogP contribution in [-0.4, -0.2) is 54.3 Å². The molecule has 5 nitrogen and oxygen atoms in total. The standard InChI is InChI=1S/C13H26N4O/c1-12(2)15-10-13-9-14-11-17(13)6-8-18-7-5-16(3)4/h9,11-12,15H,5-8,10H2,1-4H3. The smallest absolute Gasteiger partial charge is 0.0949 e. The van der Waals surface area contributed by atoms with E-state index in [1.165, 1.54) is 5.69 Å². The van der Waals surface area contributed by atoms with Crippen LogP contribution in [0.3, 0.4) is 0 Å². The molecule has 18 heavy (non-hydrogen) atoms. The van der Waals surface area contributed by atoms with Gasteiger partial charge in [-0.1, -0.05) is 13.8 Å². The van der Waals surface area contributed by atoms with Gasteiger partial charge >= 0.3 is 0 Å². The third kappa shape index (κ3) is 6.14. The molecule has 0 bridgehead atoms. The highest BCUT2D eigenvalue weighted by atomic mass is 16.5. The second-order valence-electron chi connectivity index (χ2n) is 5.03. The molecule has 1 rings (SSSR count). The molecule has 0 amide bonds. The van der Waals surface area contributed by atoms with Gasteiger partial charge in [-0.2, -0.15) is 0 Å². The van der Waals surface area contributed by atoms with Gasteiger partial charge in [0.25, 0.3) is 0 Å². The summed E-state index contributed by atoms with van der Waals surface area (Å²) >= 11 is 0. The fourth-order valence-corrected chi connectivity index (χ4v) is 1.52. The van der Waals surface area contributed by atoms with Crippen LogP contribution in [0.2, 0.25) is 0 Å². The van der Waals surface area contributed by atoms with Crippen LogP contribution >= 0.6 is 0 Å². The van der Waals surface area contributed by atoms with Gasteiger partial charge in [-0.25, -0.2) is 4.98 Å². The van der Waals surface area contributed by atoms with Crippen LogP contribution < -0.4 is 5.32 Å². The molecule has 0 radical (unpaired) electrons. The summed E-state index contributed by atoms with van der Waals surface area (Å²) in [5.41, 5.74) is 1.21. The van der Waals surface area contributed by atoms with Gasteiger partial charge in [0.15, 0.2) is 0 Å². The average Bonchev–Trinajstić information content (AvgIpc) is 2.73. The van der Waals surface area contributed by atoms with E-state index in [2.05, 4.69) is 47.7 Å². The first-order valence-corrected chi connectivity index (χ1v) is 6.54. The molecule has 0 aliphatic carbocycles. The molecule has 1 N–H and O–H groups in total. The Kier molecular flexibility index (Phi) is 6.93. The SMILES string of the molecule is CC(C)NCc1cncn1CCOCCN(C)C. The van der Waals surface area contributed by atoms with Crippen LogP contribution in [0.25, 0.3) is 0 Å². The second-order valence-corrected chi connectivity index (χ2v) is 5.03. The highest BCUT2D eigenvalue weighted by Crippen LogP contribution is 1.99. The molecule has 0 unspecified atom stereocenters. The molecular weight excluding hydrogens is 228 g/mol. The quantitative estimate of drug-likeness (QED) is 0.667. The van der Waals surface area contributed by atoms with Crippen molar-refractivity contribution in [2.75, 3.05) is 33.9 Å². The van der Waals surface area contributed by atoms with Crippen molar-refractivity contribution in [1.82, 2.24) is 19.8 Å². The lowest BCUT2D eigenvalue weighted by Gasteiger charge is -2.12. The maximum atomic E-state index is 5.59. The molecule has 0 saturated carbocycles. The van der Waals surface area contributed by atoms with Crippen molar-refractivity contribution >= 4 is 0 Å². The molecule has 0 aliphatic heterocycles. The normalized spacial score (nSPS) is 11.7. The number of aromatic nitrogens is 2. The molecule has 1 aromatic heterocycles. The summed E-state index contributed by atoms with van der Waals surface area (Å²) in [6.07, 6.45) is 3.78. The van der Waals surface area contributed by atoms with Gasteiger partial charge in [0.2, 0.25) is 0 Å². The first kappa shape index (κ1) is 15.1. The van der Waals surface area contributed by atoms with E-state index in [0.717, 1.165) is 32.8 Å². The van der Waals surface area contributed by atoms with Crippen LogP contribution in [0.1, 0.15) is 19.5 Å². The Hall–Kier alpha value is -0.910. The second kappa shape index (κ2) is 8.24. The molecule has 5 heteroatoms. The minimum Gasteiger partial charge on any atom is -0.378 e. The van der Waals surface area contributed by atoms with E-state index in [9.17, 15) is 0 Å². The summed E-state index contributed by atoms with van der Waals surface area (Å²) in [5.74, 6) is 0. The molecule has 0 aromatic carbocycles. The third-order valence-corrected chi connectivity index (χ3v) is 2.65. The van der Waals surface area contributed by atoms with E-state index in [-0.39, 0.29) is 0 Å². The summed E-state index contributed by atoms with van der Waals surface area (Å²) in [6, 6.07) is 0.490. The maximum Gasteiger partial charge on any atom is 0.0949 e. The Bertz CT molecular complexity index is 323. The summed E-state index contributed by atoms with van der Waals surface area (Å²) in [7, 11) is 4.10. The lowest BCUT2D eigenvalue weighted by molar-refractivity contribution is 0.110. The van der Waals surface area contributed by atoms with Crippen molar-refractivity contribution in [2.24, 2.45) is 0 Å². The van der Waals surface area contributed by atoms with Crippen molar-refractivity contribution in [1.29, 1.82) is 0 Å². The number of ether oxygens (including phenoxy) is 1. The van der Waals surface area contributed by atoms with E-state index in [4.69, 9.17) is 4.74 Å². The Morgan fingerprint density at radius 1 is 1.39 bits per heavy atom. The van der Waals surface area contributed by atoms with Gasteiger partial charge in [-0.3, -0.25) is 0 Å².